The summed E-state index contributed by atoms with van der Waals surface area (Å²) < 4.78 is 4.89. The van der Waals surface area contributed by atoms with Crippen molar-refractivity contribution in [3.05, 3.63) is 64.7 Å². The van der Waals surface area contributed by atoms with E-state index in [4.69, 9.17) is 16.3 Å². The molecule has 23 heavy (non-hydrogen) atoms. The van der Waals surface area contributed by atoms with Gasteiger partial charge < -0.3 is 15.2 Å². The van der Waals surface area contributed by atoms with Gasteiger partial charge in [-0.25, -0.2) is 4.79 Å². The Kier molecular flexibility index (Phi) is 5.60. The third-order valence-corrected chi connectivity index (χ3v) is 3.46. The Bertz CT molecular complexity index is 700. The predicted molar refractivity (Wildman–Crippen MR) is 86.4 cm³/mol. The number of benzene rings is 2. The zero-order valence-electron chi connectivity index (χ0n) is 12.5. The van der Waals surface area contributed by atoms with Crippen LogP contribution in [0.4, 0.5) is 0 Å². The molecule has 0 aliphatic rings. The maximum atomic E-state index is 11.8. The van der Waals surface area contributed by atoms with Crippen molar-refractivity contribution in [2.75, 3.05) is 6.61 Å². The van der Waals surface area contributed by atoms with Gasteiger partial charge >= 0.3 is 5.97 Å². The molecule has 0 unspecified atom stereocenters. The fourth-order valence-electron chi connectivity index (χ4n) is 1.97. The molecule has 2 N–H and O–H groups in total. The molecular weight excluding hydrogens is 318 g/mol. The molecule has 120 valence electrons. The number of halogens is 1. The van der Waals surface area contributed by atoms with Gasteiger partial charge in [0.25, 0.3) is 5.91 Å². The summed E-state index contributed by atoms with van der Waals surface area (Å²) in [7, 11) is 0. The zero-order chi connectivity index (χ0) is 16.8. The first-order chi connectivity index (χ1) is 11.0. The Balaban J connectivity index is 1.86. The molecule has 5 nitrogen and oxygen atoms in total. The minimum absolute atomic E-state index is 0.0195. The fraction of sp³-hybridized carbons (Fsp3) is 0.176. The molecule has 0 aromatic heterocycles. The van der Waals surface area contributed by atoms with E-state index in [1.54, 1.807) is 36.4 Å². The van der Waals surface area contributed by atoms with Crippen molar-refractivity contribution >= 4 is 23.5 Å². The Morgan fingerprint density at radius 1 is 1.17 bits per heavy atom. The van der Waals surface area contributed by atoms with Gasteiger partial charge in [0.2, 0.25) is 0 Å². The molecule has 1 amide bonds. The lowest BCUT2D eigenvalue weighted by atomic mass is 10.1. The lowest BCUT2D eigenvalue weighted by Gasteiger charge is -2.14. The fourth-order valence-corrected chi connectivity index (χ4v) is 2.10. The highest BCUT2D eigenvalue weighted by Crippen LogP contribution is 2.17. The molecule has 0 aliphatic carbocycles. The second-order valence-corrected chi connectivity index (χ2v) is 5.37. The molecule has 0 aliphatic heterocycles. The highest BCUT2D eigenvalue weighted by atomic mass is 35.5. The Morgan fingerprint density at radius 3 is 2.48 bits per heavy atom. The largest absolute Gasteiger partial charge is 0.507 e. The molecule has 0 bridgehead atoms. The minimum Gasteiger partial charge on any atom is -0.507 e. The van der Waals surface area contributed by atoms with E-state index in [0.29, 0.717) is 5.02 Å². The van der Waals surface area contributed by atoms with Crippen LogP contribution in [0.5, 0.6) is 5.75 Å². The van der Waals surface area contributed by atoms with E-state index < -0.39 is 18.5 Å². The quantitative estimate of drug-likeness (QED) is 0.824. The monoisotopic (exact) mass is 333 g/mol. The van der Waals surface area contributed by atoms with Crippen LogP contribution in [0.1, 0.15) is 28.9 Å². The summed E-state index contributed by atoms with van der Waals surface area (Å²) in [5.41, 5.74) is 0.904. The highest BCUT2D eigenvalue weighted by molar-refractivity contribution is 6.30. The summed E-state index contributed by atoms with van der Waals surface area (Å²) in [6.45, 7) is 1.39. The second kappa shape index (κ2) is 7.65. The lowest BCUT2D eigenvalue weighted by molar-refractivity contribution is -0.124. The van der Waals surface area contributed by atoms with Crippen molar-refractivity contribution < 1.29 is 19.4 Å². The van der Waals surface area contributed by atoms with Gasteiger partial charge in [-0.2, -0.15) is 0 Å². The number of hydrogen-bond acceptors (Lipinski definition) is 4. The van der Waals surface area contributed by atoms with Gasteiger partial charge in [0, 0.05) is 5.02 Å². The Labute approximate surface area is 138 Å². The van der Waals surface area contributed by atoms with Gasteiger partial charge in [0.15, 0.2) is 6.61 Å². The number of carbonyl (C=O) groups is 2. The SMILES string of the molecule is C[C@@H](NC(=O)COC(=O)c1ccccc1O)c1ccc(Cl)cc1. The van der Waals surface area contributed by atoms with E-state index in [0.717, 1.165) is 5.56 Å². The smallest absolute Gasteiger partial charge is 0.342 e. The molecule has 0 radical (unpaired) electrons. The number of nitrogens with one attached hydrogen (secondary N) is 1. The van der Waals surface area contributed by atoms with Gasteiger partial charge in [0.1, 0.15) is 11.3 Å². The van der Waals surface area contributed by atoms with Crippen LogP contribution in [-0.4, -0.2) is 23.6 Å². The highest BCUT2D eigenvalue weighted by Gasteiger charge is 2.15. The first-order valence-corrected chi connectivity index (χ1v) is 7.35. The first-order valence-electron chi connectivity index (χ1n) is 6.97. The number of phenols is 1. The summed E-state index contributed by atoms with van der Waals surface area (Å²) in [5, 5.41) is 12.9. The summed E-state index contributed by atoms with van der Waals surface area (Å²) in [4.78, 5) is 23.6. The van der Waals surface area contributed by atoms with Gasteiger partial charge in [-0.15, -0.1) is 0 Å². The van der Waals surface area contributed by atoms with Crippen LogP contribution >= 0.6 is 11.6 Å². The van der Waals surface area contributed by atoms with Crippen molar-refractivity contribution in [2.45, 2.75) is 13.0 Å². The van der Waals surface area contributed by atoms with Gasteiger partial charge in [-0.05, 0) is 36.8 Å². The standard InChI is InChI=1S/C17H16ClNO4/c1-11(12-6-8-13(18)9-7-12)19-16(21)10-23-17(22)14-4-2-3-5-15(14)20/h2-9,11,20H,10H2,1H3,(H,19,21)/t11-/m1/s1. The summed E-state index contributed by atoms with van der Waals surface area (Å²) in [6, 6.07) is 12.8. The number of hydrogen-bond donors (Lipinski definition) is 2. The normalized spacial score (nSPS) is 11.6. The van der Waals surface area contributed by atoms with E-state index in [-0.39, 0.29) is 17.4 Å². The van der Waals surface area contributed by atoms with Crippen LogP contribution in [0, 0.1) is 0 Å². The van der Waals surface area contributed by atoms with Crippen LogP contribution in [0.2, 0.25) is 5.02 Å². The topological polar surface area (TPSA) is 75.6 Å². The van der Waals surface area contributed by atoms with E-state index in [9.17, 15) is 14.7 Å². The van der Waals surface area contributed by atoms with Crippen molar-refractivity contribution in [3.8, 4) is 5.75 Å². The number of carbonyl (C=O) groups excluding carboxylic acids is 2. The average Bonchev–Trinajstić information content (AvgIpc) is 2.53. The Morgan fingerprint density at radius 2 is 1.83 bits per heavy atom. The zero-order valence-corrected chi connectivity index (χ0v) is 13.2. The van der Waals surface area contributed by atoms with E-state index in [2.05, 4.69) is 5.32 Å². The molecule has 2 rings (SSSR count). The third-order valence-electron chi connectivity index (χ3n) is 3.21. The number of aromatic hydroxyl groups is 1. The molecule has 2 aromatic rings. The molecule has 0 fully saturated rings. The Hall–Kier alpha value is -2.53. The number of para-hydroxylation sites is 1. The van der Waals surface area contributed by atoms with Gasteiger partial charge in [-0.1, -0.05) is 35.9 Å². The molecule has 0 heterocycles. The van der Waals surface area contributed by atoms with Crippen molar-refractivity contribution in [3.63, 3.8) is 0 Å². The number of rotatable bonds is 5. The second-order valence-electron chi connectivity index (χ2n) is 4.93. The van der Waals surface area contributed by atoms with Crippen LogP contribution in [-0.2, 0) is 9.53 Å². The minimum atomic E-state index is -0.752. The van der Waals surface area contributed by atoms with Crippen molar-refractivity contribution in [2.24, 2.45) is 0 Å². The van der Waals surface area contributed by atoms with Crippen molar-refractivity contribution in [1.29, 1.82) is 0 Å². The van der Waals surface area contributed by atoms with E-state index >= 15 is 0 Å². The molecule has 0 spiro atoms. The number of esters is 1. The summed E-state index contributed by atoms with van der Waals surface area (Å²) >= 11 is 5.81. The lowest BCUT2D eigenvalue weighted by Crippen LogP contribution is -2.31. The number of amides is 1. The average molecular weight is 334 g/mol. The van der Waals surface area contributed by atoms with Gasteiger partial charge in [0.05, 0.1) is 6.04 Å². The molecule has 2 aromatic carbocycles. The summed E-state index contributed by atoms with van der Waals surface area (Å²) in [6.07, 6.45) is 0. The van der Waals surface area contributed by atoms with Gasteiger partial charge in [-0.3, -0.25) is 4.79 Å². The van der Waals surface area contributed by atoms with E-state index in [1.807, 2.05) is 6.92 Å². The molecular formula is C17H16ClNO4. The van der Waals surface area contributed by atoms with Crippen LogP contribution in [0.15, 0.2) is 48.5 Å². The molecule has 6 heteroatoms. The first kappa shape index (κ1) is 16.8. The maximum absolute atomic E-state index is 11.8. The number of phenolic OH excluding ortho intramolecular Hbond substituents is 1. The van der Waals surface area contributed by atoms with Crippen LogP contribution in [0.25, 0.3) is 0 Å². The summed E-state index contributed by atoms with van der Waals surface area (Å²) in [5.74, 6) is -1.37. The maximum Gasteiger partial charge on any atom is 0.342 e. The predicted octanol–water partition coefficient (Wildman–Crippen LogP) is 3.08. The van der Waals surface area contributed by atoms with Crippen molar-refractivity contribution in [1.82, 2.24) is 5.32 Å². The van der Waals surface area contributed by atoms with Crippen LogP contribution < -0.4 is 5.32 Å². The molecule has 0 saturated carbocycles. The molecule has 0 saturated heterocycles. The number of ether oxygens (including phenoxy) is 1. The van der Waals surface area contributed by atoms with Crippen LogP contribution in [0.3, 0.4) is 0 Å². The third kappa shape index (κ3) is 4.72. The van der Waals surface area contributed by atoms with E-state index in [1.165, 1.54) is 12.1 Å². The molecule has 1 atom stereocenters.